The number of carbonyl (C=O) groups excluding carboxylic acids is 4. The fourth-order valence-electron chi connectivity index (χ4n) is 5.61. The Morgan fingerprint density at radius 3 is 2.56 bits per heavy atom. The van der Waals surface area contributed by atoms with Crippen LogP contribution in [0.1, 0.15) is 51.2 Å². The maximum absolute atomic E-state index is 13.8. The predicted octanol–water partition coefficient (Wildman–Crippen LogP) is 2.94. The molecule has 0 radical (unpaired) electrons. The molecule has 3 amide bonds. The first-order valence-electron chi connectivity index (χ1n) is 12.7. The van der Waals surface area contributed by atoms with E-state index in [1.165, 1.54) is 7.11 Å². The fraction of sp³-hybridized carbons (Fsp3) is 0.615. The van der Waals surface area contributed by atoms with Gasteiger partial charge in [-0.3, -0.25) is 14.4 Å². The van der Waals surface area contributed by atoms with Crippen molar-refractivity contribution in [3.8, 4) is 0 Å². The first kappa shape index (κ1) is 25.8. The summed E-state index contributed by atoms with van der Waals surface area (Å²) < 4.78 is 15.8. The Bertz CT molecular complexity index is 997. The van der Waals surface area contributed by atoms with Crippen molar-refractivity contribution in [2.45, 2.75) is 52.0 Å². The maximum Gasteiger partial charge on any atom is 0.409 e. The van der Waals surface area contributed by atoms with Crippen LogP contribution in [0.5, 0.6) is 0 Å². The number of fused-ring (bicyclic) bond motifs is 1. The van der Waals surface area contributed by atoms with E-state index in [-0.39, 0.29) is 43.3 Å². The number of hydrogen-bond donors (Lipinski definition) is 0. The molecule has 36 heavy (non-hydrogen) atoms. The largest absolute Gasteiger partial charge is 0.468 e. The lowest BCUT2D eigenvalue weighted by Crippen LogP contribution is -2.54. The highest BCUT2D eigenvalue weighted by molar-refractivity contribution is 5.92. The molecule has 1 aromatic rings. The molecule has 3 aliphatic rings. The lowest BCUT2D eigenvalue weighted by Gasteiger charge is -2.46. The summed E-state index contributed by atoms with van der Waals surface area (Å²) in [5.74, 6) is -0.763. The minimum Gasteiger partial charge on any atom is -0.468 e. The molecule has 0 spiro atoms. The van der Waals surface area contributed by atoms with E-state index in [4.69, 9.17) is 13.9 Å². The number of methoxy groups -OCH3 is 1. The lowest BCUT2D eigenvalue weighted by atomic mass is 9.69. The lowest BCUT2D eigenvalue weighted by molar-refractivity contribution is -0.160. The van der Waals surface area contributed by atoms with Gasteiger partial charge in [0.05, 0.1) is 26.5 Å². The third-order valence-electron chi connectivity index (χ3n) is 7.44. The SMILES string of the molecule is CCOC(=O)N1CCN(C(=O)C[C@@H]2C[C@@]3(C(=O)OC)CCCCC=C3N(Cc3ccco3)C2=O)CC1. The second-order valence-electron chi connectivity index (χ2n) is 9.58. The van der Waals surface area contributed by atoms with Gasteiger partial charge in [0.2, 0.25) is 11.8 Å². The standard InChI is InChI=1S/C26H35N3O7/c1-3-35-25(33)28-13-11-27(12-14-28)22(30)16-19-17-26(24(32)34-2)10-6-4-5-9-21(26)29(23(19)31)18-20-8-7-15-36-20/h7-9,15,19H,3-6,10-14,16-18H2,1-2H3/t19-,26+/m1/s1. The topological polar surface area (TPSA) is 110 Å². The zero-order valence-electron chi connectivity index (χ0n) is 21.1. The number of piperazine rings is 1. The molecule has 0 saturated carbocycles. The van der Waals surface area contributed by atoms with Crippen LogP contribution in [0.15, 0.2) is 34.6 Å². The molecule has 1 aliphatic carbocycles. The van der Waals surface area contributed by atoms with E-state index >= 15 is 0 Å². The van der Waals surface area contributed by atoms with Gasteiger partial charge in [0.15, 0.2) is 0 Å². The smallest absolute Gasteiger partial charge is 0.409 e. The van der Waals surface area contributed by atoms with Crippen LogP contribution < -0.4 is 0 Å². The van der Waals surface area contributed by atoms with Gasteiger partial charge in [-0.25, -0.2) is 4.79 Å². The van der Waals surface area contributed by atoms with E-state index in [1.807, 2.05) is 6.08 Å². The quantitative estimate of drug-likeness (QED) is 0.551. The first-order chi connectivity index (χ1) is 17.4. The number of nitrogens with zero attached hydrogens (tertiary/aromatic N) is 3. The van der Waals surface area contributed by atoms with Gasteiger partial charge in [-0.15, -0.1) is 0 Å². The number of esters is 1. The summed E-state index contributed by atoms with van der Waals surface area (Å²) in [7, 11) is 1.37. The van der Waals surface area contributed by atoms with Crippen LogP contribution in [0.3, 0.4) is 0 Å². The molecule has 0 aromatic carbocycles. The number of hydrogen-bond acceptors (Lipinski definition) is 7. The van der Waals surface area contributed by atoms with Gasteiger partial charge >= 0.3 is 12.1 Å². The van der Waals surface area contributed by atoms with Crippen LogP contribution in [0, 0.1) is 11.3 Å². The second-order valence-corrected chi connectivity index (χ2v) is 9.58. The minimum absolute atomic E-state index is 0.00107. The summed E-state index contributed by atoms with van der Waals surface area (Å²) in [6.45, 7) is 3.77. The van der Waals surface area contributed by atoms with Crippen molar-refractivity contribution in [2.24, 2.45) is 11.3 Å². The summed E-state index contributed by atoms with van der Waals surface area (Å²) in [6, 6.07) is 3.55. The number of furan rings is 1. The van der Waals surface area contributed by atoms with Crippen molar-refractivity contribution in [3.63, 3.8) is 0 Å². The maximum atomic E-state index is 13.8. The summed E-state index contributed by atoms with van der Waals surface area (Å²) in [6.07, 6.45) is 6.47. The van der Waals surface area contributed by atoms with Crippen molar-refractivity contribution < 1.29 is 33.1 Å². The summed E-state index contributed by atoms with van der Waals surface area (Å²) in [4.78, 5) is 57.2. The molecule has 0 bridgehead atoms. The van der Waals surface area contributed by atoms with Gasteiger partial charge in [0.1, 0.15) is 11.2 Å². The van der Waals surface area contributed by atoms with Crippen LogP contribution in [0.25, 0.3) is 0 Å². The Morgan fingerprint density at radius 2 is 1.89 bits per heavy atom. The van der Waals surface area contributed by atoms with E-state index < -0.39 is 11.3 Å². The Kier molecular flexibility index (Phi) is 8.01. The number of likely N-dealkylation sites (tertiary alicyclic amines) is 1. The average molecular weight is 502 g/mol. The van der Waals surface area contributed by atoms with E-state index in [2.05, 4.69) is 0 Å². The molecule has 10 nitrogen and oxygen atoms in total. The van der Waals surface area contributed by atoms with Crippen molar-refractivity contribution in [3.05, 3.63) is 35.9 Å². The summed E-state index contributed by atoms with van der Waals surface area (Å²) in [5.41, 5.74) is -0.306. The van der Waals surface area contributed by atoms with Gasteiger partial charge in [0.25, 0.3) is 0 Å². The molecule has 0 unspecified atom stereocenters. The molecular formula is C26H35N3O7. The normalized spacial score (nSPS) is 24.5. The third kappa shape index (κ3) is 5.12. The molecule has 0 N–H and O–H groups in total. The van der Waals surface area contributed by atoms with Gasteiger partial charge in [-0.1, -0.05) is 12.5 Å². The molecule has 2 atom stereocenters. The fourth-order valence-corrected chi connectivity index (χ4v) is 5.61. The van der Waals surface area contributed by atoms with Crippen molar-refractivity contribution in [1.82, 2.24) is 14.7 Å². The van der Waals surface area contributed by atoms with E-state index in [0.717, 1.165) is 19.3 Å². The Labute approximate surface area is 211 Å². The van der Waals surface area contributed by atoms with Gasteiger partial charge in [0, 0.05) is 44.2 Å². The average Bonchev–Trinajstić information content (AvgIpc) is 3.31. The van der Waals surface area contributed by atoms with Crippen LogP contribution in [-0.4, -0.2) is 78.5 Å². The molecule has 1 aromatic heterocycles. The number of allylic oxidation sites excluding steroid dienone is 1. The van der Waals surface area contributed by atoms with E-state index in [0.29, 0.717) is 50.7 Å². The molecule has 2 aliphatic heterocycles. The first-order valence-corrected chi connectivity index (χ1v) is 12.7. The predicted molar refractivity (Wildman–Crippen MR) is 128 cm³/mol. The van der Waals surface area contributed by atoms with Crippen molar-refractivity contribution >= 4 is 23.9 Å². The summed E-state index contributed by atoms with van der Waals surface area (Å²) in [5, 5.41) is 0. The molecular weight excluding hydrogens is 466 g/mol. The van der Waals surface area contributed by atoms with Crippen LogP contribution in [0.4, 0.5) is 4.79 Å². The van der Waals surface area contributed by atoms with Gasteiger partial charge < -0.3 is 28.6 Å². The monoisotopic (exact) mass is 501 g/mol. The van der Waals surface area contributed by atoms with Crippen molar-refractivity contribution in [1.29, 1.82) is 0 Å². The summed E-state index contributed by atoms with van der Waals surface area (Å²) >= 11 is 0. The Morgan fingerprint density at radius 1 is 1.14 bits per heavy atom. The van der Waals surface area contributed by atoms with Crippen LogP contribution in [0.2, 0.25) is 0 Å². The highest BCUT2D eigenvalue weighted by Crippen LogP contribution is 2.49. The number of amides is 3. The molecule has 4 rings (SSSR count). The third-order valence-corrected chi connectivity index (χ3v) is 7.44. The molecule has 196 valence electrons. The molecule has 10 heteroatoms. The van der Waals surface area contributed by atoms with Crippen LogP contribution >= 0.6 is 0 Å². The van der Waals surface area contributed by atoms with E-state index in [9.17, 15) is 19.2 Å². The number of rotatable bonds is 6. The number of piperidine rings is 1. The highest BCUT2D eigenvalue weighted by Gasteiger charge is 2.54. The number of carbonyl (C=O) groups is 4. The molecule has 3 heterocycles. The second kappa shape index (κ2) is 11.2. The van der Waals surface area contributed by atoms with Crippen LogP contribution in [-0.2, 0) is 30.4 Å². The van der Waals surface area contributed by atoms with Crippen molar-refractivity contribution in [2.75, 3.05) is 39.9 Å². The Hall–Kier alpha value is -3.30. The number of ether oxygens (including phenoxy) is 2. The Balaban J connectivity index is 1.54. The van der Waals surface area contributed by atoms with Gasteiger partial charge in [-0.2, -0.15) is 0 Å². The molecule has 2 fully saturated rings. The molecule has 2 saturated heterocycles. The van der Waals surface area contributed by atoms with E-state index in [1.54, 1.807) is 40.0 Å². The minimum atomic E-state index is -0.973. The zero-order valence-corrected chi connectivity index (χ0v) is 21.1. The van der Waals surface area contributed by atoms with Gasteiger partial charge in [-0.05, 0) is 44.7 Å². The zero-order chi connectivity index (χ0) is 25.7. The highest BCUT2D eigenvalue weighted by atomic mass is 16.6.